The second-order valence-electron chi connectivity index (χ2n) is 4.99. The molecule has 1 saturated heterocycles. The fourth-order valence-electron chi connectivity index (χ4n) is 2.49. The molecule has 1 atom stereocenters. The van der Waals surface area contributed by atoms with Crippen molar-refractivity contribution in [2.75, 3.05) is 18.0 Å². The third-order valence-electron chi connectivity index (χ3n) is 3.52. The van der Waals surface area contributed by atoms with Crippen LogP contribution < -0.4 is 16.2 Å². The maximum absolute atomic E-state index is 12.3. The van der Waals surface area contributed by atoms with Gasteiger partial charge in [0.1, 0.15) is 0 Å². The molecule has 104 valence electrons. The molecule has 3 N–H and O–H groups in total. The van der Waals surface area contributed by atoms with E-state index in [1.807, 2.05) is 11.8 Å². The van der Waals surface area contributed by atoms with Gasteiger partial charge < -0.3 is 15.2 Å². The van der Waals surface area contributed by atoms with E-state index >= 15 is 0 Å². The molecule has 0 aliphatic carbocycles. The van der Waals surface area contributed by atoms with Crippen molar-refractivity contribution in [3.8, 4) is 0 Å². The van der Waals surface area contributed by atoms with E-state index in [-0.39, 0.29) is 17.3 Å². The minimum atomic E-state index is -0.0476. The highest BCUT2D eigenvalue weighted by molar-refractivity contribution is 5.80. The number of nitrogens with zero attached hydrogens (tertiary/aromatic N) is 3. The summed E-state index contributed by atoms with van der Waals surface area (Å²) < 4.78 is 1.69. The fraction of sp³-hybridized carbons (Fsp3) is 0.615. The molecule has 0 aromatic carbocycles. The summed E-state index contributed by atoms with van der Waals surface area (Å²) in [6.45, 7) is 4.17. The monoisotopic (exact) mass is 263 g/mol. The molecule has 0 amide bonds. The van der Waals surface area contributed by atoms with E-state index < -0.39 is 0 Å². The van der Waals surface area contributed by atoms with E-state index in [1.165, 1.54) is 0 Å². The van der Waals surface area contributed by atoms with Crippen LogP contribution in [0.4, 0.5) is 5.82 Å². The number of nitrogens with two attached hydrogens (primary N) is 1. The molecule has 1 aliphatic heterocycles. The van der Waals surface area contributed by atoms with E-state index in [4.69, 9.17) is 11.1 Å². The van der Waals surface area contributed by atoms with E-state index in [0.717, 1.165) is 25.8 Å². The van der Waals surface area contributed by atoms with Crippen LogP contribution in [0.15, 0.2) is 17.2 Å². The Morgan fingerprint density at radius 2 is 2.42 bits per heavy atom. The average Bonchev–Trinajstić information content (AvgIpc) is 2.41. The van der Waals surface area contributed by atoms with Crippen LogP contribution in [0.1, 0.15) is 26.2 Å². The third-order valence-corrected chi connectivity index (χ3v) is 3.52. The summed E-state index contributed by atoms with van der Waals surface area (Å²) in [6, 6.07) is 0. The van der Waals surface area contributed by atoms with Gasteiger partial charge in [-0.2, -0.15) is 0 Å². The van der Waals surface area contributed by atoms with Gasteiger partial charge in [-0.3, -0.25) is 10.2 Å². The van der Waals surface area contributed by atoms with Gasteiger partial charge >= 0.3 is 0 Å². The minimum absolute atomic E-state index is 0.0368. The molecule has 0 saturated carbocycles. The molecule has 0 bridgehead atoms. The molecular formula is C13H21N5O. The van der Waals surface area contributed by atoms with Crippen molar-refractivity contribution >= 4 is 11.7 Å². The number of anilines is 1. The molecule has 0 radical (unpaired) electrons. The fourth-order valence-corrected chi connectivity index (χ4v) is 2.49. The predicted molar refractivity (Wildman–Crippen MR) is 75.6 cm³/mol. The maximum Gasteiger partial charge on any atom is 0.293 e. The van der Waals surface area contributed by atoms with Crippen molar-refractivity contribution in [1.29, 1.82) is 5.41 Å². The molecule has 6 nitrogen and oxygen atoms in total. The molecule has 1 aliphatic rings. The average molecular weight is 263 g/mol. The van der Waals surface area contributed by atoms with E-state index in [2.05, 4.69) is 4.98 Å². The van der Waals surface area contributed by atoms with Gasteiger partial charge in [0.15, 0.2) is 5.82 Å². The zero-order valence-corrected chi connectivity index (χ0v) is 11.3. The lowest BCUT2D eigenvalue weighted by Crippen LogP contribution is -2.44. The zero-order valence-electron chi connectivity index (χ0n) is 11.3. The van der Waals surface area contributed by atoms with Crippen LogP contribution in [0.3, 0.4) is 0 Å². The second-order valence-corrected chi connectivity index (χ2v) is 4.99. The van der Waals surface area contributed by atoms with Gasteiger partial charge in [-0.05, 0) is 19.3 Å². The van der Waals surface area contributed by atoms with Crippen molar-refractivity contribution in [3.05, 3.63) is 22.7 Å². The smallest absolute Gasteiger partial charge is 0.293 e. The summed E-state index contributed by atoms with van der Waals surface area (Å²) in [4.78, 5) is 18.5. The van der Waals surface area contributed by atoms with E-state index in [9.17, 15) is 4.79 Å². The lowest BCUT2D eigenvalue weighted by Gasteiger charge is -2.32. The third kappa shape index (κ3) is 2.94. The van der Waals surface area contributed by atoms with Crippen LogP contribution in [0.25, 0.3) is 0 Å². The van der Waals surface area contributed by atoms with Crippen LogP contribution in [0.5, 0.6) is 0 Å². The van der Waals surface area contributed by atoms with Gasteiger partial charge in [-0.25, -0.2) is 4.98 Å². The predicted octanol–water partition coefficient (Wildman–Crippen LogP) is 0.806. The highest BCUT2D eigenvalue weighted by atomic mass is 16.1. The lowest BCUT2D eigenvalue weighted by molar-refractivity contribution is 0.496. The Bertz CT molecular complexity index is 510. The minimum Gasteiger partial charge on any atom is -0.387 e. The van der Waals surface area contributed by atoms with Crippen LogP contribution in [-0.2, 0) is 6.54 Å². The van der Waals surface area contributed by atoms with Crippen molar-refractivity contribution in [2.45, 2.75) is 32.7 Å². The van der Waals surface area contributed by atoms with E-state index in [1.54, 1.807) is 17.0 Å². The lowest BCUT2D eigenvalue weighted by atomic mass is 9.97. The number of rotatable bonds is 4. The first-order valence-electron chi connectivity index (χ1n) is 6.77. The van der Waals surface area contributed by atoms with Crippen LogP contribution >= 0.6 is 0 Å². The van der Waals surface area contributed by atoms with Crippen molar-refractivity contribution < 1.29 is 0 Å². The Morgan fingerprint density at radius 3 is 3.11 bits per heavy atom. The summed E-state index contributed by atoms with van der Waals surface area (Å²) in [5.41, 5.74) is 5.53. The molecule has 1 unspecified atom stereocenters. The normalized spacial score (nSPS) is 19.4. The Balaban J connectivity index is 2.24. The second kappa shape index (κ2) is 5.86. The van der Waals surface area contributed by atoms with Crippen molar-refractivity contribution in [3.63, 3.8) is 0 Å². The first kappa shape index (κ1) is 13.6. The summed E-state index contributed by atoms with van der Waals surface area (Å²) in [7, 11) is 0. The van der Waals surface area contributed by atoms with Crippen LogP contribution in [-0.4, -0.2) is 28.5 Å². The largest absolute Gasteiger partial charge is 0.387 e. The quantitative estimate of drug-likeness (QED) is 0.621. The highest BCUT2D eigenvalue weighted by Gasteiger charge is 2.24. The molecule has 0 spiro atoms. The summed E-state index contributed by atoms with van der Waals surface area (Å²) in [5, 5.41) is 7.55. The van der Waals surface area contributed by atoms with Gasteiger partial charge in [0.25, 0.3) is 5.56 Å². The van der Waals surface area contributed by atoms with Gasteiger partial charge in [0.05, 0.1) is 5.84 Å². The molecule has 1 aromatic heterocycles. The maximum atomic E-state index is 12.3. The van der Waals surface area contributed by atoms with Crippen molar-refractivity contribution in [2.24, 2.45) is 11.7 Å². The number of piperidine rings is 1. The van der Waals surface area contributed by atoms with Gasteiger partial charge in [-0.1, -0.05) is 6.92 Å². The Labute approximate surface area is 112 Å². The number of hydrogen-bond donors (Lipinski definition) is 2. The molecular weight excluding hydrogens is 242 g/mol. The van der Waals surface area contributed by atoms with Gasteiger partial charge in [-0.15, -0.1) is 0 Å². The zero-order chi connectivity index (χ0) is 13.8. The van der Waals surface area contributed by atoms with Gasteiger partial charge in [0, 0.05) is 37.9 Å². The van der Waals surface area contributed by atoms with E-state index in [0.29, 0.717) is 18.9 Å². The first-order chi connectivity index (χ1) is 9.13. The molecule has 2 rings (SSSR count). The standard InChI is InChI=1S/C13H21N5O/c1-2-6-17-8-5-16-12(13(17)19)18-7-3-4-10(9-18)11(14)15/h5,8,10H,2-4,6-7,9H2,1H3,(H3,14,15). The number of hydrogen-bond acceptors (Lipinski definition) is 4. The van der Waals surface area contributed by atoms with Gasteiger partial charge in [0.2, 0.25) is 0 Å². The summed E-state index contributed by atoms with van der Waals surface area (Å²) in [5.74, 6) is 0.728. The van der Waals surface area contributed by atoms with Crippen LogP contribution in [0, 0.1) is 11.3 Å². The summed E-state index contributed by atoms with van der Waals surface area (Å²) in [6.07, 6.45) is 6.17. The SMILES string of the molecule is CCCn1ccnc(N2CCCC(C(=N)N)C2)c1=O. The first-order valence-corrected chi connectivity index (χ1v) is 6.77. The number of nitrogens with one attached hydrogen (secondary N) is 1. The number of aryl methyl sites for hydroxylation is 1. The molecule has 1 aromatic rings. The summed E-state index contributed by atoms with van der Waals surface area (Å²) >= 11 is 0. The Kier molecular flexibility index (Phi) is 4.19. The molecule has 6 heteroatoms. The Hall–Kier alpha value is -1.85. The number of amidine groups is 1. The van der Waals surface area contributed by atoms with Crippen LogP contribution in [0.2, 0.25) is 0 Å². The topological polar surface area (TPSA) is 88.0 Å². The van der Waals surface area contributed by atoms with Crippen molar-refractivity contribution in [1.82, 2.24) is 9.55 Å². The molecule has 2 heterocycles. The molecule has 19 heavy (non-hydrogen) atoms. The molecule has 1 fully saturated rings. The number of aromatic nitrogens is 2. The Morgan fingerprint density at radius 1 is 1.63 bits per heavy atom. The highest BCUT2D eigenvalue weighted by Crippen LogP contribution is 2.19.